The Hall–Kier alpha value is -1.18. The molecule has 2 aromatic carbocycles. The predicted molar refractivity (Wildman–Crippen MR) is 96.3 cm³/mol. The van der Waals surface area contributed by atoms with Gasteiger partial charge in [-0.1, -0.05) is 67.2 Å². The highest BCUT2D eigenvalue weighted by Crippen LogP contribution is 2.39. The first-order chi connectivity index (χ1) is 10.7. The van der Waals surface area contributed by atoms with Gasteiger partial charge in [-0.05, 0) is 43.0 Å². The highest BCUT2D eigenvalue weighted by molar-refractivity contribution is 6.44. The molecule has 0 amide bonds. The summed E-state index contributed by atoms with van der Waals surface area (Å²) in [6.45, 7) is 4.72. The molecule has 0 aliphatic rings. The first-order valence-electron chi connectivity index (χ1n) is 7.87. The quantitative estimate of drug-likeness (QED) is 0.505. The van der Waals surface area contributed by atoms with Crippen LogP contribution in [0.15, 0.2) is 36.4 Å². The molecule has 22 heavy (non-hydrogen) atoms. The molecule has 0 heterocycles. The summed E-state index contributed by atoms with van der Waals surface area (Å²) in [7, 11) is 0. The van der Waals surface area contributed by atoms with Crippen LogP contribution in [-0.4, -0.2) is 6.61 Å². The van der Waals surface area contributed by atoms with Crippen LogP contribution in [0.3, 0.4) is 0 Å². The summed E-state index contributed by atoms with van der Waals surface area (Å²) in [6, 6.07) is 12.4. The summed E-state index contributed by atoms with van der Waals surface area (Å²) in [5.41, 5.74) is 3.38. The average Bonchev–Trinajstić information content (AvgIpc) is 2.53. The van der Waals surface area contributed by atoms with Gasteiger partial charge >= 0.3 is 0 Å². The van der Waals surface area contributed by atoms with Crippen LogP contribution >= 0.6 is 23.2 Å². The Morgan fingerprint density at radius 3 is 2.23 bits per heavy atom. The summed E-state index contributed by atoms with van der Waals surface area (Å²) >= 11 is 12.7. The number of hydrogen-bond acceptors (Lipinski definition) is 1. The maximum absolute atomic E-state index is 6.40. The summed E-state index contributed by atoms with van der Waals surface area (Å²) in [4.78, 5) is 0. The molecular formula is C19H22Cl2O. The number of hydrogen-bond donors (Lipinski definition) is 0. The fourth-order valence-corrected chi connectivity index (χ4v) is 2.94. The zero-order chi connectivity index (χ0) is 15.9. The lowest BCUT2D eigenvalue weighted by Gasteiger charge is -2.11. The van der Waals surface area contributed by atoms with Crippen molar-refractivity contribution in [1.29, 1.82) is 0 Å². The normalized spacial score (nSPS) is 10.7. The van der Waals surface area contributed by atoms with E-state index in [1.165, 1.54) is 24.8 Å². The minimum atomic E-state index is 0.480. The fraction of sp³-hybridized carbons (Fsp3) is 0.368. The van der Waals surface area contributed by atoms with E-state index in [0.717, 1.165) is 17.5 Å². The van der Waals surface area contributed by atoms with Crippen molar-refractivity contribution in [2.24, 2.45) is 0 Å². The summed E-state index contributed by atoms with van der Waals surface area (Å²) in [5.74, 6) is 0.633. The Morgan fingerprint density at radius 2 is 1.59 bits per heavy atom. The van der Waals surface area contributed by atoms with Gasteiger partial charge in [0.15, 0.2) is 0 Å². The van der Waals surface area contributed by atoms with E-state index in [4.69, 9.17) is 27.9 Å². The lowest BCUT2D eigenvalue weighted by atomic mass is 10.0. The van der Waals surface area contributed by atoms with Gasteiger partial charge in [-0.15, -0.1) is 0 Å². The maximum Gasteiger partial charge on any atom is 0.139 e. The van der Waals surface area contributed by atoms with E-state index in [9.17, 15) is 0 Å². The van der Waals surface area contributed by atoms with Gasteiger partial charge in [-0.25, -0.2) is 0 Å². The van der Waals surface area contributed by atoms with Gasteiger partial charge in [-0.3, -0.25) is 0 Å². The van der Waals surface area contributed by atoms with Crippen LogP contribution in [0.4, 0.5) is 0 Å². The van der Waals surface area contributed by atoms with Gasteiger partial charge in [0.1, 0.15) is 10.8 Å². The molecule has 0 spiro atoms. The topological polar surface area (TPSA) is 9.23 Å². The first kappa shape index (κ1) is 17.2. The summed E-state index contributed by atoms with van der Waals surface area (Å²) in [5, 5.41) is 1.03. The highest BCUT2D eigenvalue weighted by Gasteiger charge is 2.12. The minimum Gasteiger partial charge on any atom is -0.492 e. The van der Waals surface area contributed by atoms with Crippen molar-refractivity contribution in [3.05, 3.63) is 52.0 Å². The number of rotatable bonds is 7. The van der Waals surface area contributed by atoms with Crippen molar-refractivity contribution in [3.8, 4) is 16.9 Å². The Morgan fingerprint density at radius 1 is 0.864 bits per heavy atom. The Labute approximate surface area is 143 Å². The molecule has 0 aliphatic carbocycles. The van der Waals surface area contributed by atoms with Gasteiger partial charge in [0.05, 0.1) is 11.6 Å². The molecular weight excluding hydrogens is 315 g/mol. The SMILES string of the molecule is CCCCCc1ccc(-c2ccc(OCC)c(Cl)c2Cl)cc1. The monoisotopic (exact) mass is 336 g/mol. The molecule has 2 rings (SSSR count). The van der Waals surface area contributed by atoms with Crippen LogP contribution in [-0.2, 0) is 6.42 Å². The molecule has 0 aliphatic heterocycles. The third kappa shape index (κ3) is 4.18. The molecule has 0 unspecified atom stereocenters. The molecule has 0 aromatic heterocycles. The molecule has 3 heteroatoms. The van der Waals surface area contributed by atoms with Gasteiger partial charge in [0, 0.05) is 5.56 Å². The fourth-order valence-electron chi connectivity index (χ4n) is 2.45. The zero-order valence-electron chi connectivity index (χ0n) is 13.2. The number of halogens is 2. The second-order valence-electron chi connectivity index (χ2n) is 5.33. The van der Waals surface area contributed by atoms with Gasteiger partial charge in [-0.2, -0.15) is 0 Å². The average molecular weight is 337 g/mol. The number of aryl methyl sites for hydroxylation is 1. The third-order valence-corrected chi connectivity index (χ3v) is 4.55. The predicted octanol–water partition coefficient (Wildman–Crippen LogP) is 6.79. The molecule has 0 N–H and O–H groups in total. The molecule has 1 nitrogen and oxygen atoms in total. The third-order valence-electron chi connectivity index (χ3n) is 3.68. The number of unbranched alkanes of at least 4 members (excludes halogenated alkanes) is 2. The Bertz CT molecular complexity index is 606. The largest absolute Gasteiger partial charge is 0.492 e. The molecule has 0 atom stereocenters. The van der Waals surface area contributed by atoms with E-state index in [2.05, 4.69) is 31.2 Å². The minimum absolute atomic E-state index is 0.480. The van der Waals surface area contributed by atoms with Crippen molar-refractivity contribution in [3.63, 3.8) is 0 Å². The van der Waals surface area contributed by atoms with E-state index in [1.54, 1.807) is 0 Å². The molecule has 118 valence electrons. The highest BCUT2D eigenvalue weighted by atomic mass is 35.5. The first-order valence-corrected chi connectivity index (χ1v) is 8.63. The van der Waals surface area contributed by atoms with Gasteiger partial charge in [0.25, 0.3) is 0 Å². The molecule has 2 aromatic rings. The van der Waals surface area contributed by atoms with Crippen molar-refractivity contribution in [1.82, 2.24) is 0 Å². The molecule has 0 fully saturated rings. The van der Waals surface area contributed by atoms with Crippen molar-refractivity contribution >= 4 is 23.2 Å². The second kappa shape index (κ2) is 8.45. The molecule has 0 saturated carbocycles. The van der Waals surface area contributed by atoms with Gasteiger partial charge < -0.3 is 4.74 Å². The van der Waals surface area contributed by atoms with E-state index < -0.39 is 0 Å². The lowest BCUT2D eigenvalue weighted by Crippen LogP contribution is -1.93. The van der Waals surface area contributed by atoms with E-state index in [-0.39, 0.29) is 0 Å². The van der Waals surface area contributed by atoms with E-state index in [0.29, 0.717) is 22.4 Å². The van der Waals surface area contributed by atoms with Crippen LogP contribution in [0.5, 0.6) is 5.75 Å². The van der Waals surface area contributed by atoms with Crippen molar-refractivity contribution < 1.29 is 4.74 Å². The van der Waals surface area contributed by atoms with Crippen molar-refractivity contribution in [2.75, 3.05) is 6.61 Å². The number of ether oxygens (including phenoxy) is 1. The Kier molecular flexibility index (Phi) is 6.60. The van der Waals surface area contributed by atoms with Crippen molar-refractivity contribution in [2.45, 2.75) is 39.5 Å². The van der Waals surface area contributed by atoms with E-state index in [1.807, 2.05) is 19.1 Å². The van der Waals surface area contributed by atoms with E-state index >= 15 is 0 Å². The van der Waals surface area contributed by atoms with Crippen LogP contribution in [0.25, 0.3) is 11.1 Å². The van der Waals surface area contributed by atoms with Crippen LogP contribution in [0.1, 0.15) is 38.7 Å². The summed E-state index contributed by atoms with van der Waals surface area (Å²) in [6.07, 6.45) is 4.90. The second-order valence-corrected chi connectivity index (χ2v) is 6.08. The summed E-state index contributed by atoms with van der Waals surface area (Å²) < 4.78 is 5.47. The zero-order valence-corrected chi connectivity index (χ0v) is 14.7. The molecule has 0 radical (unpaired) electrons. The smallest absolute Gasteiger partial charge is 0.139 e. The standard InChI is InChI=1S/C19H22Cl2O/c1-3-5-6-7-14-8-10-15(11-9-14)16-12-13-17(22-4-2)19(21)18(16)20/h8-13H,3-7H2,1-2H3. The molecule has 0 bridgehead atoms. The van der Waals surface area contributed by atoms with Crippen LogP contribution in [0, 0.1) is 0 Å². The maximum atomic E-state index is 6.40. The number of benzene rings is 2. The van der Waals surface area contributed by atoms with Crippen LogP contribution in [0.2, 0.25) is 10.0 Å². The van der Waals surface area contributed by atoms with Gasteiger partial charge in [0.2, 0.25) is 0 Å². The lowest BCUT2D eigenvalue weighted by molar-refractivity contribution is 0.340. The molecule has 0 saturated heterocycles. The Balaban J connectivity index is 2.19. The van der Waals surface area contributed by atoms with Crippen LogP contribution < -0.4 is 4.74 Å².